The van der Waals surface area contributed by atoms with Crippen LogP contribution in [0.5, 0.6) is 0 Å². The zero-order chi connectivity index (χ0) is 14.6. The molecule has 21 heavy (non-hydrogen) atoms. The third kappa shape index (κ3) is 4.19. The highest BCUT2D eigenvalue weighted by Crippen LogP contribution is 2.37. The molecule has 3 fully saturated rings. The Hall–Kier alpha value is -0.160. The summed E-state index contributed by atoms with van der Waals surface area (Å²) >= 11 is 0. The summed E-state index contributed by atoms with van der Waals surface area (Å²) in [4.78, 5) is 2.63. The molecule has 0 aromatic rings. The summed E-state index contributed by atoms with van der Waals surface area (Å²) in [6.45, 7) is 10.6. The van der Waals surface area contributed by atoms with E-state index >= 15 is 0 Å². The summed E-state index contributed by atoms with van der Waals surface area (Å²) in [5, 5.41) is 3.88. The summed E-state index contributed by atoms with van der Waals surface area (Å²) in [6.07, 6.45) is 8.15. The summed E-state index contributed by atoms with van der Waals surface area (Å²) in [5.41, 5.74) is 0.677. The van der Waals surface area contributed by atoms with E-state index in [9.17, 15) is 0 Å². The SMILES string of the molecule is C[C@@]1(NCC2(CN3CCOCC3)CCCCC2)CCOC1. The fourth-order valence-electron chi connectivity index (χ4n) is 4.13. The average Bonchev–Trinajstić information content (AvgIpc) is 2.95. The lowest BCUT2D eigenvalue weighted by Gasteiger charge is -2.44. The lowest BCUT2D eigenvalue weighted by Crippen LogP contribution is -2.53. The predicted octanol–water partition coefficient (Wildman–Crippen LogP) is 2.04. The topological polar surface area (TPSA) is 33.7 Å². The second-order valence-electron chi connectivity index (χ2n) is 7.67. The molecule has 4 nitrogen and oxygen atoms in total. The van der Waals surface area contributed by atoms with Crippen LogP contribution in [0, 0.1) is 5.41 Å². The molecule has 1 N–H and O–H groups in total. The molecular formula is C17H32N2O2. The number of morpholine rings is 1. The molecular weight excluding hydrogens is 264 g/mol. The van der Waals surface area contributed by atoms with Gasteiger partial charge in [0.25, 0.3) is 0 Å². The second kappa shape index (κ2) is 6.95. The number of ether oxygens (including phenoxy) is 2. The van der Waals surface area contributed by atoms with E-state index in [0.29, 0.717) is 5.41 Å². The van der Waals surface area contributed by atoms with E-state index in [1.165, 1.54) is 38.6 Å². The van der Waals surface area contributed by atoms with Gasteiger partial charge in [-0.05, 0) is 31.6 Å². The standard InChI is InChI=1S/C17H32N2O2/c1-16(7-10-21-15-16)18-13-17(5-3-2-4-6-17)14-19-8-11-20-12-9-19/h18H,2-15H2,1H3/t16-/m1/s1. The van der Waals surface area contributed by atoms with Gasteiger partial charge in [0.05, 0.1) is 19.8 Å². The van der Waals surface area contributed by atoms with Crippen LogP contribution >= 0.6 is 0 Å². The van der Waals surface area contributed by atoms with E-state index < -0.39 is 0 Å². The van der Waals surface area contributed by atoms with Gasteiger partial charge in [-0.1, -0.05) is 19.3 Å². The van der Waals surface area contributed by atoms with Crippen LogP contribution in [0.1, 0.15) is 45.4 Å². The Bertz CT molecular complexity index is 317. The molecule has 1 atom stereocenters. The first-order chi connectivity index (χ1) is 10.2. The number of rotatable bonds is 5. The zero-order valence-corrected chi connectivity index (χ0v) is 13.7. The van der Waals surface area contributed by atoms with Crippen molar-refractivity contribution >= 4 is 0 Å². The minimum atomic E-state index is 0.204. The van der Waals surface area contributed by atoms with Crippen molar-refractivity contribution < 1.29 is 9.47 Å². The zero-order valence-electron chi connectivity index (χ0n) is 13.7. The molecule has 0 radical (unpaired) electrons. The number of nitrogens with one attached hydrogen (secondary N) is 1. The normalized spacial score (nSPS) is 34.1. The number of nitrogens with zero attached hydrogens (tertiary/aromatic N) is 1. The number of hydrogen-bond acceptors (Lipinski definition) is 4. The maximum absolute atomic E-state index is 5.59. The fraction of sp³-hybridized carbons (Fsp3) is 1.00. The Balaban J connectivity index is 1.58. The highest BCUT2D eigenvalue weighted by molar-refractivity contribution is 4.94. The van der Waals surface area contributed by atoms with Crippen LogP contribution in [0.3, 0.4) is 0 Å². The molecule has 2 saturated heterocycles. The minimum absolute atomic E-state index is 0.204. The molecule has 0 bridgehead atoms. The quantitative estimate of drug-likeness (QED) is 0.842. The van der Waals surface area contributed by atoms with Crippen LogP contribution in [0.4, 0.5) is 0 Å². The van der Waals surface area contributed by atoms with Crippen molar-refractivity contribution in [1.29, 1.82) is 0 Å². The van der Waals surface area contributed by atoms with Crippen LogP contribution in [-0.2, 0) is 9.47 Å². The van der Waals surface area contributed by atoms with E-state index in [0.717, 1.165) is 52.5 Å². The first-order valence-corrected chi connectivity index (χ1v) is 8.83. The van der Waals surface area contributed by atoms with Gasteiger partial charge in [0.2, 0.25) is 0 Å². The van der Waals surface area contributed by atoms with E-state index in [1.807, 2.05) is 0 Å². The molecule has 122 valence electrons. The van der Waals surface area contributed by atoms with Crippen molar-refractivity contribution in [1.82, 2.24) is 10.2 Å². The molecule has 4 heteroatoms. The molecule has 3 aliphatic rings. The van der Waals surface area contributed by atoms with Crippen LogP contribution in [0.15, 0.2) is 0 Å². The maximum Gasteiger partial charge on any atom is 0.0646 e. The summed E-state index contributed by atoms with van der Waals surface area (Å²) in [5.74, 6) is 0. The third-order valence-electron chi connectivity index (χ3n) is 5.69. The van der Waals surface area contributed by atoms with Gasteiger partial charge in [-0.2, -0.15) is 0 Å². The minimum Gasteiger partial charge on any atom is -0.379 e. The van der Waals surface area contributed by atoms with Crippen LogP contribution < -0.4 is 5.32 Å². The Morgan fingerprint density at radius 2 is 1.71 bits per heavy atom. The van der Waals surface area contributed by atoms with Gasteiger partial charge < -0.3 is 14.8 Å². The summed E-state index contributed by atoms with van der Waals surface area (Å²) in [6, 6.07) is 0. The molecule has 2 heterocycles. The van der Waals surface area contributed by atoms with E-state index in [2.05, 4.69) is 17.1 Å². The largest absolute Gasteiger partial charge is 0.379 e. The van der Waals surface area contributed by atoms with Crippen molar-refractivity contribution in [2.45, 2.75) is 51.0 Å². The second-order valence-corrected chi connectivity index (χ2v) is 7.67. The van der Waals surface area contributed by atoms with Crippen molar-refractivity contribution in [2.24, 2.45) is 5.41 Å². The Morgan fingerprint density at radius 3 is 2.38 bits per heavy atom. The van der Waals surface area contributed by atoms with Gasteiger partial charge in [0, 0.05) is 38.3 Å². The summed E-state index contributed by atoms with van der Waals surface area (Å²) < 4.78 is 11.1. The highest BCUT2D eigenvalue weighted by Gasteiger charge is 2.37. The molecule has 0 amide bonds. The molecule has 1 aliphatic carbocycles. The van der Waals surface area contributed by atoms with Crippen LogP contribution in [-0.4, -0.2) is 63.0 Å². The van der Waals surface area contributed by atoms with Gasteiger partial charge in [-0.3, -0.25) is 4.90 Å². The summed E-state index contributed by atoms with van der Waals surface area (Å²) in [7, 11) is 0. The fourth-order valence-corrected chi connectivity index (χ4v) is 4.13. The Morgan fingerprint density at radius 1 is 0.952 bits per heavy atom. The lowest BCUT2D eigenvalue weighted by molar-refractivity contribution is 0.00515. The molecule has 0 aromatic heterocycles. The van der Waals surface area contributed by atoms with Crippen LogP contribution in [0.25, 0.3) is 0 Å². The van der Waals surface area contributed by atoms with Gasteiger partial charge in [-0.25, -0.2) is 0 Å². The van der Waals surface area contributed by atoms with Crippen molar-refractivity contribution in [3.63, 3.8) is 0 Å². The van der Waals surface area contributed by atoms with Gasteiger partial charge in [0.1, 0.15) is 0 Å². The maximum atomic E-state index is 5.59. The Kier molecular flexibility index (Phi) is 5.20. The highest BCUT2D eigenvalue weighted by atomic mass is 16.5. The molecule has 0 aromatic carbocycles. The van der Waals surface area contributed by atoms with Crippen molar-refractivity contribution in [3.05, 3.63) is 0 Å². The van der Waals surface area contributed by atoms with Gasteiger partial charge in [-0.15, -0.1) is 0 Å². The smallest absolute Gasteiger partial charge is 0.0646 e. The van der Waals surface area contributed by atoms with E-state index in [4.69, 9.17) is 9.47 Å². The molecule has 0 unspecified atom stereocenters. The van der Waals surface area contributed by atoms with Crippen molar-refractivity contribution in [2.75, 3.05) is 52.6 Å². The van der Waals surface area contributed by atoms with E-state index in [-0.39, 0.29) is 5.54 Å². The predicted molar refractivity (Wildman–Crippen MR) is 84.6 cm³/mol. The van der Waals surface area contributed by atoms with Gasteiger partial charge in [0.15, 0.2) is 0 Å². The number of hydrogen-bond donors (Lipinski definition) is 1. The molecule has 1 saturated carbocycles. The first-order valence-electron chi connectivity index (χ1n) is 8.83. The lowest BCUT2D eigenvalue weighted by atomic mass is 9.73. The third-order valence-corrected chi connectivity index (χ3v) is 5.69. The van der Waals surface area contributed by atoms with Crippen LogP contribution in [0.2, 0.25) is 0 Å². The molecule has 3 rings (SSSR count). The first kappa shape index (κ1) is 15.7. The Labute approximate surface area is 129 Å². The molecule has 2 aliphatic heterocycles. The monoisotopic (exact) mass is 296 g/mol. The molecule has 0 spiro atoms. The van der Waals surface area contributed by atoms with Gasteiger partial charge >= 0.3 is 0 Å². The average molecular weight is 296 g/mol. The van der Waals surface area contributed by atoms with E-state index in [1.54, 1.807) is 0 Å². The van der Waals surface area contributed by atoms with Crippen molar-refractivity contribution in [3.8, 4) is 0 Å².